The first-order valence-corrected chi connectivity index (χ1v) is 10.1. The number of hydrogen-bond acceptors (Lipinski definition) is 4. The molecular weight excluding hydrogens is 340 g/mol. The van der Waals surface area contributed by atoms with E-state index in [1.807, 2.05) is 27.7 Å². The van der Waals surface area contributed by atoms with Gasteiger partial charge in [0, 0.05) is 12.6 Å². The third-order valence-electron chi connectivity index (χ3n) is 4.16. The highest BCUT2D eigenvalue weighted by atomic mass is 32.2. The molecule has 7 heteroatoms. The van der Waals surface area contributed by atoms with Gasteiger partial charge in [-0.15, -0.1) is 0 Å². The number of benzene rings is 1. The molecule has 1 aliphatic carbocycles. The Bertz CT molecular complexity index is 693. The lowest BCUT2D eigenvalue weighted by atomic mass is 10.1. The zero-order valence-corrected chi connectivity index (χ0v) is 16.2. The Morgan fingerprint density at radius 2 is 1.84 bits per heavy atom. The van der Waals surface area contributed by atoms with Gasteiger partial charge in [0.2, 0.25) is 10.0 Å². The van der Waals surface area contributed by atoms with E-state index < -0.39 is 21.7 Å². The van der Waals surface area contributed by atoms with Crippen LogP contribution in [0.5, 0.6) is 0 Å². The van der Waals surface area contributed by atoms with Gasteiger partial charge in [0.15, 0.2) is 0 Å². The number of hydrogen-bond donors (Lipinski definition) is 2. The van der Waals surface area contributed by atoms with Gasteiger partial charge in [-0.25, -0.2) is 17.9 Å². The highest BCUT2D eigenvalue weighted by Gasteiger charge is 2.28. The molecule has 1 saturated carbocycles. The molecule has 1 aromatic rings. The summed E-state index contributed by atoms with van der Waals surface area (Å²) >= 11 is 0. The summed E-state index contributed by atoms with van der Waals surface area (Å²) in [5, 5.41) is 2.86. The average molecular weight is 368 g/mol. The zero-order valence-electron chi connectivity index (χ0n) is 15.3. The van der Waals surface area contributed by atoms with Crippen molar-refractivity contribution < 1.29 is 17.9 Å². The molecule has 25 heavy (non-hydrogen) atoms. The molecule has 0 bridgehead atoms. The second-order valence-electron chi connectivity index (χ2n) is 7.69. The van der Waals surface area contributed by atoms with Gasteiger partial charge in [-0.3, -0.25) is 0 Å². The normalized spacial score (nSPS) is 21.1. The standard InChI is InChI=1S/C18H28N2O4S/c1-13-5-9-16(10-6-13)25(22,23)19-12-14-7-8-15(11-14)20-17(21)24-18(2,3)4/h5-6,9-10,14-15,19H,7-8,11-12H2,1-4H3,(H,20,21)/t14-,15+/m1/s1. The van der Waals surface area contributed by atoms with Crippen molar-refractivity contribution in [1.29, 1.82) is 0 Å². The molecule has 1 aliphatic rings. The van der Waals surface area contributed by atoms with Crippen LogP contribution in [0.3, 0.4) is 0 Å². The first-order valence-electron chi connectivity index (χ1n) is 8.61. The lowest BCUT2D eigenvalue weighted by molar-refractivity contribution is 0.0504. The van der Waals surface area contributed by atoms with E-state index in [2.05, 4.69) is 10.0 Å². The first kappa shape index (κ1) is 19.7. The van der Waals surface area contributed by atoms with Gasteiger partial charge in [-0.1, -0.05) is 17.7 Å². The van der Waals surface area contributed by atoms with Crippen molar-refractivity contribution in [2.75, 3.05) is 6.54 Å². The van der Waals surface area contributed by atoms with Crippen LogP contribution in [0.4, 0.5) is 4.79 Å². The number of nitrogens with one attached hydrogen (secondary N) is 2. The molecule has 0 aromatic heterocycles. The van der Waals surface area contributed by atoms with Crippen LogP contribution >= 0.6 is 0 Å². The maximum atomic E-state index is 12.3. The third kappa shape index (κ3) is 6.32. The van der Waals surface area contributed by atoms with Gasteiger partial charge in [0.25, 0.3) is 0 Å². The van der Waals surface area contributed by atoms with Crippen LogP contribution in [0.1, 0.15) is 45.6 Å². The minimum atomic E-state index is -3.49. The Balaban J connectivity index is 1.81. The molecule has 2 rings (SSSR count). The molecule has 1 fully saturated rings. The first-order chi connectivity index (χ1) is 11.5. The van der Waals surface area contributed by atoms with E-state index in [0.29, 0.717) is 6.54 Å². The van der Waals surface area contributed by atoms with Gasteiger partial charge in [0.1, 0.15) is 5.60 Å². The van der Waals surface area contributed by atoms with E-state index >= 15 is 0 Å². The summed E-state index contributed by atoms with van der Waals surface area (Å²) in [6, 6.07) is 6.82. The molecule has 1 amide bonds. The van der Waals surface area contributed by atoms with E-state index in [-0.39, 0.29) is 16.9 Å². The zero-order chi connectivity index (χ0) is 18.7. The number of aryl methyl sites for hydroxylation is 1. The second kappa shape index (κ2) is 7.74. The van der Waals surface area contributed by atoms with Gasteiger partial charge in [-0.2, -0.15) is 0 Å². The Morgan fingerprint density at radius 3 is 2.44 bits per heavy atom. The Kier molecular flexibility index (Phi) is 6.11. The van der Waals surface area contributed by atoms with E-state index in [1.54, 1.807) is 24.3 Å². The van der Waals surface area contributed by atoms with E-state index in [4.69, 9.17) is 4.74 Å². The van der Waals surface area contributed by atoms with Crippen molar-refractivity contribution in [3.05, 3.63) is 29.8 Å². The lowest BCUT2D eigenvalue weighted by Crippen LogP contribution is -2.38. The summed E-state index contributed by atoms with van der Waals surface area (Å²) in [5.41, 5.74) is 0.497. The third-order valence-corrected chi connectivity index (χ3v) is 5.59. The highest BCUT2D eigenvalue weighted by Crippen LogP contribution is 2.26. The number of sulfonamides is 1. The van der Waals surface area contributed by atoms with Crippen molar-refractivity contribution in [3.8, 4) is 0 Å². The number of ether oxygens (including phenoxy) is 1. The molecule has 2 N–H and O–H groups in total. The maximum Gasteiger partial charge on any atom is 0.407 e. The fourth-order valence-electron chi connectivity index (χ4n) is 2.89. The molecule has 0 radical (unpaired) electrons. The summed E-state index contributed by atoms with van der Waals surface area (Å²) in [5.74, 6) is 0.208. The van der Waals surface area contributed by atoms with Crippen LogP contribution < -0.4 is 10.0 Å². The smallest absolute Gasteiger partial charge is 0.407 e. The topological polar surface area (TPSA) is 84.5 Å². The molecule has 0 saturated heterocycles. The molecule has 6 nitrogen and oxygen atoms in total. The molecule has 2 atom stereocenters. The number of carbonyl (C=O) groups is 1. The number of rotatable bonds is 5. The summed E-state index contributed by atoms with van der Waals surface area (Å²) in [7, 11) is -3.49. The van der Waals surface area contributed by atoms with E-state index in [1.165, 1.54) is 0 Å². The van der Waals surface area contributed by atoms with E-state index in [0.717, 1.165) is 24.8 Å². The molecule has 0 unspecified atom stereocenters. The van der Waals surface area contributed by atoms with Crippen molar-refractivity contribution in [1.82, 2.24) is 10.0 Å². The van der Waals surface area contributed by atoms with Gasteiger partial charge < -0.3 is 10.1 Å². The minimum Gasteiger partial charge on any atom is -0.444 e. The fraction of sp³-hybridized carbons (Fsp3) is 0.611. The maximum absolute atomic E-state index is 12.3. The predicted octanol–water partition coefficient (Wildman–Crippen LogP) is 2.97. The minimum absolute atomic E-state index is 0.0312. The van der Waals surface area contributed by atoms with Crippen LogP contribution in [0.25, 0.3) is 0 Å². The molecule has 0 spiro atoms. The number of carbonyl (C=O) groups excluding carboxylic acids is 1. The molecular formula is C18H28N2O4S. The lowest BCUT2D eigenvalue weighted by Gasteiger charge is -2.21. The van der Waals surface area contributed by atoms with Crippen molar-refractivity contribution in [2.45, 2.75) is 63.5 Å². The largest absolute Gasteiger partial charge is 0.444 e. The summed E-state index contributed by atoms with van der Waals surface area (Å²) < 4.78 is 32.6. The van der Waals surface area contributed by atoms with E-state index in [9.17, 15) is 13.2 Å². The quantitative estimate of drug-likeness (QED) is 0.837. The van der Waals surface area contributed by atoms with Crippen LogP contribution in [-0.4, -0.2) is 32.7 Å². The average Bonchev–Trinajstić information content (AvgIpc) is 2.91. The number of alkyl carbamates (subject to hydrolysis) is 1. The van der Waals surface area contributed by atoms with Gasteiger partial charge >= 0.3 is 6.09 Å². The van der Waals surface area contributed by atoms with Crippen LogP contribution in [0.15, 0.2) is 29.2 Å². The van der Waals surface area contributed by atoms with Gasteiger partial charge in [-0.05, 0) is 65.0 Å². The van der Waals surface area contributed by atoms with Gasteiger partial charge in [0.05, 0.1) is 4.90 Å². The predicted molar refractivity (Wildman–Crippen MR) is 96.9 cm³/mol. The van der Waals surface area contributed by atoms with Crippen LogP contribution in [0.2, 0.25) is 0 Å². The Morgan fingerprint density at radius 1 is 1.20 bits per heavy atom. The Labute approximate surface area is 150 Å². The fourth-order valence-corrected chi connectivity index (χ4v) is 4.01. The second-order valence-corrected chi connectivity index (χ2v) is 9.45. The molecule has 140 valence electrons. The Hall–Kier alpha value is -1.60. The summed E-state index contributed by atoms with van der Waals surface area (Å²) in [4.78, 5) is 12.1. The summed E-state index contributed by atoms with van der Waals surface area (Å²) in [6.07, 6.45) is 2.03. The van der Waals surface area contributed by atoms with Crippen LogP contribution in [-0.2, 0) is 14.8 Å². The summed E-state index contributed by atoms with van der Waals surface area (Å²) in [6.45, 7) is 7.76. The SMILES string of the molecule is Cc1ccc(S(=O)(=O)NC[C@@H]2CC[C@H](NC(=O)OC(C)(C)C)C2)cc1. The van der Waals surface area contributed by atoms with Crippen LogP contribution in [0, 0.1) is 12.8 Å². The molecule has 0 aliphatic heterocycles. The highest BCUT2D eigenvalue weighted by molar-refractivity contribution is 7.89. The van der Waals surface area contributed by atoms with Crippen molar-refractivity contribution >= 4 is 16.1 Å². The number of amides is 1. The van der Waals surface area contributed by atoms with Crippen molar-refractivity contribution in [3.63, 3.8) is 0 Å². The molecule has 0 heterocycles. The van der Waals surface area contributed by atoms with Crippen molar-refractivity contribution in [2.24, 2.45) is 5.92 Å². The monoisotopic (exact) mass is 368 g/mol. The molecule has 1 aromatic carbocycles.